The maximum atomic E-state index is 10.5. The van der Waals surface area contributed by atoms with Gasteiger partial charge in [0.05, 0.1) is 0 Å². The molecule has 1 unspecified atom stereocenters. The summed E-state index contributed by atoms with van der Waals surface area (Å²) in [5.41, 5.74) is 1.22. The van der Waals surface area contributed by atoms with Crippen LogP contribution in [-0.2, 0) is 4.79 Å². The lowest BCUT2D eigenvalue weighted by Gasteiger charge is -2.16. The maximum Gasteiger partial charge on any atom is 0.302 e. The average molecular weight is 190 g/mol. The van der Waals surface area contributed by atoms with Gasteiger partial charge in [0.15, 0.2) is 0 Å². The van der Waals surface area contributed by atoms with Crippen LogP contribution in [-0.4, -0.2) is 28.7 Å². The fourth-order valence-electron chi connectivity index (χ4n) is 0.773. The third-order valence-electron chi connectivity index (χ3n) is 1.75. The minimum absolute atomic E-state index is 0.0262. The number of hydrogen-bond acceptors (Lipinski definition) is 1. The SMILES string of the molecule is CC([SiH2]C[Si](C)(C)C)C(=O)O. The molecule has 0 aromatic rings. The second-order valence-corrected chi connectivity index (χ2v) is 13.3. The molecule has 4 heteroatoms. The third kappa shape index (κ3) is 6.31. The van der Waals surface area contributed by atoms with Crippen LogP contribution in [0.4, 0.5) is 0 Å². The second kappa shape index (κ2) is 4.06. The highest BCUT2D eigenvalue weighted by Gasteiger charge is 2.18. The molecule has 0 rings (SSSR count). The van der Waals surface area contributed by atoms with Crippen LogP contribution in [0.5, 0.6) is 0 Å². The summed E-state index contributed by atoms with van der Waals surface area (Å²) >= 11 is 0. The minimum Gasteiger partial charge on any atom is -0.481 e. The highest BCUT2D eigenvalue weighted by molar-refractivity contribution is 6.83. The molecule has 0 aromatic carbocycles. The van der Waals surface area contributed by atoms with Gasteiger partial charge in [0.2, 0.25) is 0 Å². The summed E-state index contributed by atoms with van der Waals surface area (Å²) in [6, 6.07) is 0. The number of hydrogen-bond donors (Lipinski definition) is 1. The van der Waals surface area contributed by atoms with E-state index < -0.39 is 14.0 Å². The normalized spacial score (nSPS) is 15.6. The molecule has 66 valence electrons. The Kier molecular flexibility index (Phi) is 4.03. The van der Waals surface area contributed by atoms with Crippen molar-refractivity contribution < 1.29 is 9.90 Å². The number of carboxylic acid groups (broad SMARTS) is 1. The van der Waals surface area contributed by atoms with E-state index in [1.165, 1.54) is 5.67 Å². The molecule has 1 atom stereocenters. The number of carbonyl (C=O) groups is 1. The molecule has 0 saturated heterocycles. The lowest BCUT2D eigenvalue weighted by Crippen LogP contribution is -2.25. The van der Waals surface area contributed by atoms with E-state index >= 15 is 0 Å². The van der Waals surface area contributed by atoms with E-state index in [9.17, 15) is 4.79 Å². The van der Waals surface area contributed by atoms with Gasteiger partial charge in [-0.15, -0.1) is 0 Å². The highest BCUT2D eigenvalue weighted by atomic mass is 28.4. The molecule has 1 N–H and O–H groups in total. The Morgan fingerprint density at radius 2 is 2.00 bits per heavy atom. The largest absolute Gasteiger partial charge is 0.481 e. The van der Waals surface area contributed by atoms with Crippen molar-refractivity contribution in [1.29, 1.82) is 0 Å². The number of aliphatic carboxylic acids is 1. The predicted octanol–water partition coefficient (Wildman–Crippen LogP) is 1.34. The van der Waals surface area contributed by atoms with Crippen LogP contribution in [0.25, 0.3) is 0 Å². The predicted molar refractivity (Wildman–Crippen MR) is 53.8 cm³/mol. The highest BCUT2D eigenvalue weighted by Crippen LogP contribution is 2.12. The van der Waals surface area contributed by atoms with Gasteiger partial charge in [-0.3, -0.25) is 4.79 Å². The summed E-state index contributed by atoms with van der Waals surface area (Å²) in [7, 11) is -1.32. The molecular formula is C7H18O2Si2. The Bertz CT molecular complexity index is 140. The Balaban J connectivity index is 3.63. The zero-order valence-corrected chi connectivity index (χ0v) is 10.3. The Hall–Kier alpha value is -0.0962. The monoisotopic (exact) mass is 190 g/mol. The fraction of sp³-hybridized carbons (Fsp3) is 0.857. The zero-order valence-electron chi connectivity index (χ0n) is 7.85. The third-order valence-corrected chi connectivity index (χ3v) is 10.1. The molecule has 0 fully saturated rings. The lowest BCUT2D eigenvalue weighted by atomic mass is 10.5. The first kappa shape index (κ1) is 10.9. The van der Waals surface area contributed by atoms with E-state index in [1.807, 2.05) is 6.92 Å². The Morgan fingerprint density at radius 1 is 1.55 bits per heavy atom. The van der Waals surface area contributed by atoms with Gasteiger partial charge in [-0.25, -0.2) is 0 Å². The minimum atomic E-state index is -0.967. The Morgan fingerprint density at radius 3 is 2.27 bits per heavy atom. The van der Waals surface area contributed by atoms with Gasteiger partial charge in [0.25, 0.3) is 0 Å². The van der Waals surface area contributed by atoms with Crippen LogP contribution in [0.15, 0.2) is 0 Å². The van der Waals surface area contributed by atoms with Crippen molar-refractivity contribution in [1.82, 2.24) is 0 Å². The van der Waals surface area contributed by atoms with Crippen LogP contribution in [0.1, 0.15) is 6.92 Å². The zero-order chi connectivity index (χ0) is 9.07. The summed E-state index contributed by atoms with van der Waals surface area (Å²) in [5, 5.41) is 8.63. The molecule has 0 heterocycles. The summed E-state index contributed by atoms with van der Waals surface area (Å²) in [6.45, 7) is 8.74. The average Bonchev–Trinajstić information content (AvgIpc) is 1.80. The maximum absolute atomic E-state index is 10.5. The van der Waals surface area contributed by atoms with E-state index in [-0.39, 0.29) is 15.1 Å². The molecule has 0 saturated carbocycles. The molecular weight excluding hydrogens is 172 g/mol. The van der Waals surface area contributed by atoms with Crippen LogP contribution in [0, 0.1) is 0 Å². The van der Waals surface area contributed by atoms with Crippen molar-refractivity contribution in [2.45, 2.75) is 37.8 Å². The van der Waals surface area contributed by atoms with Crippen molar-refractivity contribution >= 4 is 23.6 Å². The van der Waals surface area contributed by atoms with E-state index in [1.54, 1.807) is 0 Å². The van der Waals surface area contributed by atoms with Crippen molar-refractivity contribution in [3.63, 3.8) is 0 Å². The van der Waals surface area contributed by atoms with E-state index in [4.69, 9.17) is 5.11 Å². The number of rotatable bonds is 4. The molecule has 0 aliphatic rings. The fourth-order valence-corrected chi connectivity index (χ4v) is 6.22. The van der Waals surface area contributed by atoms with Crippen LogP contribution in [0.3, 0.4) is 0 Å². The first-order chi connectivity index (χ1) is 4.83. The second-order valence-electron chi connectivity index (χ2n) is 4.34. The summed E-state index contributed by atoms with van der Waals surface area (Å²) in [4.78, 5) is 10.5. The van der Waals surface area contributed by atoms with Gasteiger partial charge in [-0.1, -0.05) is 32.2 Å². The van der Waals surface area contributed by atoms with Gasteiger partial charge in [0.1, 0.15) is 0 Å². The van der Waals surface area contributed by atoms with Crippen molar-refractivity contribution in [3.8, 4) is 0 Å². The van der Waals surface area contributed by atoms with Crippen LogP contribution in [0.2, 0.25) is 30.8 Å². The van der Waals surface area contributed by atoms with Gasteiger partial charge >= 0.3 is 5.97 Å². The molecule has 0 bridgehead atoms. The molecule has 0 spiro atoms. The summed E-state index contributed by atoms with van der Waals surface area (Å²) in [6.07, 6.45) is 0. The topological polar surface area (TPSA) is 37.3 Å². The molecule has 0 aliphatic heterocycles. The summed E-state index contributed by atoms with van der Waals surface area (Å²) in [5.74, 6) is -0.602. The van der Waals surface area contributed by atoms with Crippen molar-refractivity contribution in [2.24, 2.45) is 0 Å². The van der Waals surface area contributed by atoms with Crippen LogP contribution >= 0.6 is 0 Å². The molecule has 0 radical (unpaired) electrons. The molecule has 11 heavy (non-hydrogen) atoms. The molecule has 0 aromatic heterocycles. The van der Waals surface area contributed by atoms with Crippen LogP contribution < -0.4 is 0 Å². The van der Waals surface area contributed by atoms with Gasteiger partial charge < -0.3 is 5.11 Å². The van der Waals surface area contributed by atoms with Gasteiger partial charge in [0, 0.05) is 23.1 Å². The van der Waals surface area contributed by atoms with Gasteiger partial charge in [-0.2, -0.15) is 0 Å². The van der Waals surface area contributed by atoms with E-state index in [0.717, 1.165) is 0 Å². The quantitative estimate of drug-likeness (QED) is 0.679. The summed E-state index contributed by atoms with van der Waals surface area (Å²) < 4.78 is 0. The van der Waals surface area contributed by atoms with Crippen molar-refractivity contribution in [3.05, 3.63) is 0 Å². The first-order valence-electron chi connectivity index (χ1n) is 4.06. The standard InChI is InChI=1S/C7H18O2Si2/c1-6(7(8)9)10-5-11(2,3)4/h6H,5,10H2,1-4H3,(H,8,9). The molecule has 0 amide bonds. The smallest absolute Gasteiger partial charge is 0.302 e. The number of carboxylic acids is 1. The molecule has 0 aliphatic carbocycles. The molecule has 2 nitrogen and oxygen atoms in total. The lowest BCUT2D eigenvalue weighted by molar-refractivity contribution is -0.136. The van der Waals surface area contributed by atoms with E-state index in [0.29, 0.717) is 0 Å². The van der Waals surface area contributed by atoms with E-state index in [2.05, 4.69) is 19.6 Å². The van der Waals surface area contributed by atoms with Crippen molar-refractivity contribution in [2.75, 3.05) is 0 Å². The first-order valence-corrected chi connectivity index (χ1v) is 9.58. The van der Waals surface area contributed by atoms with Gasteiger partial charge in [-0.05, 0) is 0 Å². The Labute approximate surface area is 71.8 Å².